The van der Waals surface area contributed by atoms with Crippen LogP contribution >= 0.6 is 23.3 Å². The van der Waals surface area contributed by atoms with Gasteiger partial charge in [0, 0.05) is 34.2 Å². The van der Waals surface area contributed by atoms with Gasteiger partial charge in [0.15, 0.2) is 0 Å². The SMILES string of the molecule is CCOC(=O)c1c(-c2ccc3nsnc3c2)c2cc([N+](=O)[O-])ccc2n1Cc1ccccc1OC.COc1ccccc1CCl. The summed E-state index contributed by atoms with van der Waals surface area (Å²) in [6.45, 7) is 2.22. The van der Waals surface area contributed by atoms with Gasteiger partial charge in [0.25, 0.3) is 5.69 Å². The first-order valence-corrected chi connectivity index (χ1v) is 15.2. The van der Waals surface area contributed by atoms with Gasteiger partial charge in [-0.25, -0.2) is 4.79 Å². The zero-order valence-electron chi connectivity index (χ0n) is 24.7. The molecule has 0 bridgehead atoms. The van der Waals surface area contributed by atoms with Gasteiger partial charge in [-0.2, -0.15) is 8.75 Å². The highest BCUT2D eigenvalue weighted by molar-refractivity contribution is 7.00. The van der Waals surface area contributed by atoms with Crippen molar-refractivity contribution < 1.29 is 23.9 Å². The van der Waals surface area contributed by atoms with Crippen molar-refractivity contribution >= 4 is 56.9 Å². The minimum atomic E-state index is -0.521. The predicted molar refractivity (Wildman–Crippen MR) is 176 cm³/mol. The van der Waals surface area contributed by atoms with Crippen LogP contribution in [0.4, 0.5) is 5.69 Å². The second-order valence-electron chi connectivity index (χ2n) is 9.71. The fourth-order valence-electron chi connectivity index (χ4n) is 5.08. The van der Waals surface area contributed by atoms with Crippen molar-refractivity contribution in [2.45, 2.75) is 19.3 Å². The van der Waals surface area contributed by atoms with Gasteiger partial charge >= 0.3 is 5.97 Å². The number of hydrogen-bond donors (Lipinski definition) is 0. The summed E-state index contributed by atoms with van der Waals surface area (Å²) in [6, 6.07) is 25.3. The standard InChI is InChI=1S/C25H20N4O5S.C8H9ClO/c1-3-34-25(30)24-23(15-8-10-19-20(12-15)27-35-26-19)18-13-17(29(31)32)9-11-21(18)28(24)14-16-6-4-5-7-22(16)33-2;1-10-8-5-3-2-4-7(8)6-9/h4-13H,3,14H2,1-2H3;2-5H,6H2,1H3. The molecule has 0 atom stereocenters. The molecular weight excluding hydrogens is 616 g/mol. The Kier molecular flexibility index (Phi) is 9.91. The number of aromatic nitrogens is 3. The number of nitro benzene ring substituents is 1. The third kappa shape index (κ3) is 6.59. The Balaban J connectivity index is 0.000000342. The van der Waals surface area contributed by atoms with Gasteiger partial charge in [0.2, 0.25) is 0 Å². The number of ether oxygens (including phenoxy) is 3. The summed E-state index contributed by atoms with van der Waals surface area (Å²) in [4.78, 5) is 24.5. The number of esters is 1. The third-order valence-electron chi connectivity index (χ3n) is 7.13. The Morgan fingerprint density at radius 2 is 1.58 bits per heavy atom. The molecule has 0 N–H and O–H groups in total. The number of alkyl halides is 1. The van der Waals surface area contributed by atoms with E-state index in [1.54, 1.807) is 27.2 Å². The Hall–Kier alpha value is -5.00. The molecule has 0 saturated heterocycles. The lowest BCUT2D eigenvalue weighted by Gasteiger charge is -2.14. The largest absolute Gasteiger partial charge is 0.496 e. The highest BCUT2D eigenvalue weighted by Gasteiger charge is 2.27. The van der Waals surface area contributed by atoms with Gasteiger partial charge in [-0.05, 0) is 42.8 Å². The minimum Gasteiger partial charge on any atom is -0.496 e. The Morgan fingerprint density at radius 3 is 2.22 bits per heavy atom. The summed E-state index contributed by atoms with van der Waals surface area (Å²) in [6.07, 6.45) is 0. The number of non-ortho nitro benzene ring substituents is 1. The number of carbonyl (C=O) groups is 1. The number of nitro groups is 1. The lowest BCUT2D eigenvalue weighted by molar-refractivity contribution is -0.384. The topological polar surface area (TPSA) is 119 Å². The fourth-order valence-corrected chi connectivity index (χ4v) is 5.82. The van der Waals surface area contributed by atoms with Crippen molar-refractivity contribution in [1.82, 2.24) is 13.3 Å². The van der Waals surface area contributed by atoms with Crippen molar-refractivity contribution in [3.63, 3.8) is 0 Å². The van der Waals surface area contributed by atoms with E-state index in [4.69, 9.17) is 25.8 Å². The van der Waals surface area contributed by atoms with Crippen LogP contribution in [0.1, 0.15) is 28.5 Å². The van der Waals surface area contributed by atoms with Crippen molar-refractivity contribution in [2.75, 3.05) is 20.8 Å². The number of carbonyl (C=O) groups excluding carboxylic acids is 1. The molecule has 12 heteroatoms. The zero-order chi connectivity index (χ0) is 31.9. The second kappa shape index (κ2) is 14.2. The van der Waals surface area contributed by atoms with E-state index in [9.17, 15) is 14.9 Å². The van der Waals surface area contributed by atoms with Gasteiger partial charge in [0.1, 0.15) is 28.2 Å². The lowest BCUT2D eigenvalue weighted by Crippen LogP contribution is -2.14. The van der Waals surface area contributed by atoms with E-state index in [0.717, 1.165) is 34.1 Å². The predicted octanol–water partition coefficient (Wildman–Crippen LogP) is 7.89. The summed E-state index contributed by atoms with van der Waals surface area (Å²) in [5.41, 5.74) is 5.43. The van der Waals surface area contributed by atoms with Crippen molar-refractivity contribution in [3.05, 3.63) is 112 Å². The maximum Gasteiger partial charge on any atom is 0.355 e. The third-order valence-corrected chi connectivity index (χ3v) is 7.97. The first-order chi connectivity index (χ1) is 21.9. The van der Waals surface area contributed by atoms with E-state index in [2.05, 4.69) is 8.75 Å². The van der Waals surface area contributed by atoms with Crippen LogP contribution < -0.4 is 9.47 Å². The molecule has 0 aliphatic carbocycles. The zero-order valence-corrected chi connectivity index (χ0v) is 26.3. The van der Waals surface area contributed by atoms with Crippen LogP contribution in [0.3, 0.4) is 0 Å². The summed E-state index contributed by atoms with van der Waals surface area (Å²) in [7, 11) is 3.23. The number of benzene rings is 4. The minimum absolute atomic E-state index is 0.0694. The van der Waals surface area contributed by atoms with Crippen molar-refractivity contribution in [3.8, 4) is 22.6 Å². The molecule has 0 unspecified atom stereocenters. The maximum absolute atomic E-state index is 13.4. The average molecular weight is 645 g/mol. The van der Waals surface area contributed by atoms with E-state index >= 15 is 0 Å². The molecule has 10 nitrogen and oxygen atoms in total. The summed E-state index contributed by atoms with van der Waals surface area (Å²) >= 11 is 6.73. The molecule has 4 aromatic carbocycles. The molecule has 0 spiro atoms. The Morgan fingerprint density at radius 1 is 0.911 bits per heavy atom. The fraction of sp³-hybridized carbons (Fsp3) is 0.182. The Bertz CT molecular complexity index is 1970. The van der Waals surface area contributed by atoms with Gasteiger partial charge in [-0.1, -0.05) is 42.5 Å². The monoisotopic (exact) mass is 644 g/mol. The number of nitrogens with zero attached hydrogens (tertiary/aromatic N) is 4. The quantitative estimate of drug-likeness (QED) is 0.0675. The molecule has 45 heavy (non-hydrogen) atoms. The average Bonchev–Trinajstić information content (AvgIpc) is 3.67. The Labute approximate surface area is 268 Å². The van der Waals surface area contributed by atoms with Crippen molar-refractivity contribution in [2.24, 2.45) is 0 Å². The smallest absolute Gasteiger partial charge is 0.355 e. The molecule has 0 radical (unpaired) electrons. The molecule has 0 aliphatic rings. The normalized spacial score (nSPS) is 10.8. The van der Waals surface area contributed by atoms with E-state index in [1.807, 2.05) is 71.3 Å². The summed E-state index contributed by atoms with van der Waals surface area (Å²) < 4.78 is 26.4. The van der Waals surface area contributed by atoms with E-state index < -0.39 is 10.9 Å². The molecule has 6 aromatic rings. The molecule has 2 aromatic heterocycles. The summed E-state index contributed by atoms with van der Waals surface area (Å²) in [5.74, 6) is 1.51. The number of halogens is 1. The van der Waals surface area contributed by atoms with Gasteiger partial charge in [-0.15, -0.1) is 11.6 Å². The maximum atomic E-state index is 13.4. The highest BCUT2D eigenvalue weighted by Crippen LogP contribution is 2.39. The second-order valence-corrected chi connectivity index (χ2v) is 10.5. The van der Waals surface area contributed by atoms with Crippen LogP contribution in [0.2, 0.25) is 0 Å². The molecule has 6 rings (SSSR count). The molecule has 2 heterocycles. The number of para-hydroxylation sites is 2. The summed E-state index contributed by atoms with van der Waals surface area (Å²) in [5, 5.41) is 12.2. The van der Waals surface area contributed by atoms with Crippen LogP contribution in [-0.4, -0.2) is 45.0 Å². The molecule has 0 fully saturated rings. The van der Waals surface area contributed by atoms with E-state index in [0.29, 0.717) is 51.4 Å². The van der Waals surface area contributed by atoms with Crippen LogP contribution in [0, 0.1) is 10.1 Å². The van der Waals surface area contributed by atoms with Crippen LogP contribution in [0.5, 0.6) is 11.5 Å². The van der Waals surface area contributed by atoms with Gasteiger partial charge in [-0.3, -0.25) is 10.1 Å². The molecule has 230 valence electrons. The van der Waals surface area contributed by atoms with E-state index in [-0.39, 0.29) is 12.3 Å². The number of fused-ring (bicyclic) bond motifs is 2. The number of rotatable bonds is 9. The van der Waals surface area contributed by atoms with Crippen LogP contribution in [0.15, 0.2) is 84.9 Å². The lowest BCUT2D eigenvalue weighted by atomic mass is 10.0. The van der Waals surface area contributed by atoms with E-state index in [1.165, 1.54) is 12.1 Å². The molecule has 0 saturated carbocycles. The van der Waals surface area contributed by atoms with Gasteiger partial charge < -0.3 is 18.8 Å². The van der Waals surface area contributed by atoms with Crippen molar-refractivity contribution in [1.29, 1.82) is 0 Å². The number of hydrogen-bond acceptors (Lipinski definition) is 9. The van der Waals surface area contributed by atoms with Crippen LogP contribution in [0.25, 0.3) is 33.1 Å². The molecule has 0 aliphatic heterocycles. The molecule has 0 amide bonds. The highest BCUT2D eigenvalue weighted by atomic mass is 35.5. The van der Waals surface area contributed by atoms with Crippen LogP contribution in [-0.2, 0) is 17.2 Å². The first-order valence-electron chi connectivity index (χ1n) is 13.9. The first kappa shape index (κ1) is 31.4. The number of methoxy groups -OCH3 is 2. The molecular formula is C33H29ClN4O6S. The van der Waals surface area contributed by atoms with Gasteiger partial charge in [0.05, 0.1) is 55.4 Å².